The highest BCUT2D eigenvalue weighted by Gasteiger charge is 2.00. The molecule has 2 nitrogen and oxygen atoms in total. The van der Waals surface area contributed by atoms with Crippen LogP contribution in [0.1, 0.15) is 12.6 Å². The summed E-state index contributed by atoms with van der Waals surface area (Å²) in [6.07, 6.45) is 5.15. The van der Waals surface area contributed by atoms with E-state index in [2.05, 4.69) is 23.2 Å². The number of hydrogen-bond acceptors (Lipinski definition) is 1. The fourth-order valence-electron chi connectivity index (χ4n) is 1.65. The maximum atomic E-state index is 5.18. The van der Waals surface area contributed by atoms with Crippen LogP contribution >= 0.6 is 0 Å². The topological polar surface area (TPSA) is 25.0 Å². The number of ether oxygens (including phenoxy) is 1. The van der Waals surface area contributed by atoms with E-state index >= 15 is 0 Å². The van der Waals surface area contributed by atoms with E-state index in [1.807, 2.05) is 25.1 Å². The summed E-state index contributed by atoms with van der Waals surface area (Å²) in [5.74, 6) is 0.902. The molecule has 2 heteroatoms. The Bertz CT molecular complexity index is 482. The minimum atomic E-state index is 0.902. The molecule has 0 saturated heterocycles. The molecule has 0 fully saturated rings. The first kappa shape index (κ1) is 9.84. The number of nitrogens with one attached hydrogen (secondary N) is 1. The fourth-order valence-corrected chi connectivity index (χ4v) is 1.65. The lowest BCUT2D eigenvalue weighted by molar-refractivity contribution is 0.415. The zero-order valence-electron chi connectivity index (χ0n) is 9.08. The number of benzene rings is 1. The number of fused-ring (bicyclic) bond motifs is 1. The molecule has 1 N–H and O–H groups in total. The molecule has 1 aromatic heterocycles. The highest BCUT2D eigenvalue weighted by molar-refractivity contribution is 5.81. The quantitative estimate of drug-likeness (QED) is 0.757. The number of H-pyrrole nitrogens is 1. The van der Waals surface area contributed by atoms with Gasteiger partial charge in [-0.25, -0.2) is 0 Å². The number of aromatic nitrogens is 1. The van der Waals surface area contributed by atoms with Crippen LogP contribution < -0.4 is 4.74 Å². The summed E-state index contributed by atoms with van der Waals surface area (Å²) >= 11 is 0. The average molecular weight is 201 g/mol. The van der Waals surface area contributed by atoms with E-state index < -0.39 is 0 Å². The van der Waals surface area contributed by atoms with Crippen molar-refractivity contribution in [1.82, 2.24) is 4.98 Å². The first-order chi connectivity index (χ1) is 7.33. The van der Waals surface area contributed by atoms with Crippen molar-refractivity contribution in [3.63, 3.8) is 0 Å². The Kier molecular flexibility index (Phi) is 2.77. The molecule has 78 valence electrons. The minimum absolute atomic E-state index is 0.902. The maximum Gasteiger partial charge on any atom is 0.119 e. The highest BCUT2D eigenvalue weighted by atomic mass is 16.5. The normalized spacial score (nSPS) is 11.3. The molecule has 15 heavy (non-hydrogen) atoms. The summed E-state index contributed by atoms with van der Waals surface area (Å²) in [7, 11) is 1.69. The van der Waals surface area contributed by atoms with Crippen molar-refractivity contribution in [2.24, 2.45) is 0 Å². The third-order valence-electron chi connectivity index (χ3n) is 2.46. The molecule has 0 aliphatic heterocycles. The molecule has 0 bridgehead atoms. The molecule has 0 spiro atoms. The van der Waals surface area contributed by atoms with Gasteiger partial charge in [-0.3, -0.25) is 0 Å². The molecule has 2 aromatic rings. The van der Waals surface area contributed by atoms with E-state index in [1.54, 1.807) is 7.11 Å². The van der Waals surface area contributed by atoms with Crippen LogP contribution in [0.15, 0.2) is 36.4 Å². The van der Waals surface area contributed by atoms with Crippen molar-refractivity contribution in [3.05, 3.63) is 42.1 Å². The summed E-state index contributed by atoms with van der Waals surface area (Å²) in [5.41, 5.74) is 2.40. The molecule has 0 amide bonds. The van der Waals surface area contributed by atoms with Gasteiger partial charge in [-0.05, 0) is 31.2 Å². The first-order valence-corrected chi connectivity index (χ1v) is 5.10. The van der Waals surface area contributed by atoms with E-state index in [-0.39, 0.29) is 0 Å². The third kappa shape index (κ3) is 2.04. The standard InChI is InChI=1S/C13H15NO/c1-3-4-5-11-8-10-9-12(15-2)6-7-13(10)14-11/h3-4,6-9,14H,5H2,1-2H3/b4-3+. The molecule has 0 atom stereocenters. The Labute approximate surface area is 89.6 Å². The molecule has 0 unspecified atom stereocenters. The molecule has 1 heterocycles. The summed E-state index contributed by atoms with van der Waals surface area (Å²) in [4.78, 5) is 3.37. The first-order valence-electron chi connectivity index (χ1n) is 5.10. The van der Waals surface area contributed by atoms with E-state index in [0.717, 1.165) is 17.7 Å². The van der Waals surface area contributed by atoms with Gasteiger partial charge in [0.25, 0.3) is 0 Å². The van der Waals surface area contributed by atoms with Crippen LogP contribution in [-0.2, 0) is 6.42 Å². The van der Waals surface area contributed by atoms with Crippen molar-refractivity contribution in [2.75, 3.05) is 7.11 Å². The SMILES string of the molecule is C/C=C/Cc1cc2cc(OC)ccc2[nH]1. The monoisotopic (exact) mass is 201 g/mol. The molecular weight excluding hydrogens is 186 g/mol. The molecule has 2 rings (SSSR count). The number of rotatable bonds is 3. The number of methoxy groups -OCH3 is 1. The van der Waals surface area contributed by atoms with Gasteiger partial charge >= 0.3 is 0 Å². The second-order valence-electron chi connectivity index (χ2n) is 3.52. The molecule has 0 aliphatic carbocycles. The maximum absolute atomic E-state index is 5.18. The Morgan fingerprint density at radius 1 is 1.33 bits per heavy atom. The second kappa shape index (κ2) is 4.22. The average Bonchev–Trinajstić information content (AvgIpc) is 2.67. The van der Waals surface area contributed by atoms with Gasteiger partial charge < -0.3 is 9.72 Å². The van der Waals surface area contributed by atoms with Gasteiger partial charge in [-0.1, -0.05) is 12.2 Å². The summed E-state index contributed by atoms with van der Waals surface area (Å²) in [6, 6.07) is 8.23. The van der Waals surface area contributed by atoms with Gasteiger partial charge in [-0.15, -0.1) is 0 Å². The Morgan fingerprint density at radius 2 is 2.20 bits per heavy atom. The fraction of sp³-hybridized carbons (Fsp3) is 0.231. The van der Waals surface area contributed by atoms with Gasteiger partial charge in [0.1, 0.15) is 5.75 Å². The van der Waals surface area contributed by atoms with E-state index in [9.17, 15) is 0 Å². The minimum Gasteiger partial charge on any atom is -0.497 e. The lowest BCUT2D eigenvalue weighted by atomic mass is 10.2. The molecular formula is C13H15NO. The van der Waals surface area contributed by atoms with Crippen molar-refractivity contribution in [1.29, 1.82) is 0 Å². The van der Waals surface area contributed by atoms with Gasteiger partial charge in [0, 0.05) is 23.0 Å². The molecule has 0 radical (unpaired) electrons. The van der Waals surface area contributed by atoms with Crippen LogP contribution in [0.4, 0.5) is 0 Å². The summed E-state index contributed by atoms with van der Waals surface area (Å²) in [5, 5.41) is 1.20. The Morgan fingerprint density at radius 3 is 2.93 bits per heavy atom. The van der Waals surface area contributed by atoms with Crippen molar-refractivity contribution in [2.45, 2.75) is 13.3 Å². The van der Waals surface area contributed by atoms with Crippen molar-refractivity contribution < 1.29 is 4.74 Å². The number of aromatic amines is 1. The van der Waals surface area contributed by atoms with Gasteiger partial charge in [-0.2, -0.15) is 0 Å². The van der Waals surface area contributed by atoms with E-state index in [0.29, 0.717) is 0 Å². The van der Waals surface area contributed by atoms with Crippen LogP contribution in [0, 0.1) is 0 Å². The zero-order chi connectivity index (χ0) is 10.7. The van der Waals surface area contributed by atoms with Crippen LogP contribution in [0.2, 0.25) is 0 Å². The van der Waals surface area contributed by atoms with Crippen LogP contribution in [0.5, 0.6) is 5.75 Å². The Hall–Kier alpha value is -1.70. The van der Waals surface area contributed by atoms with E-state index in [4.69, 9.17) is 4.74 Å². The predicted molar refractivity (Wildman–Crippen MR) is 63.4 cm³/mol. The predicted octanol–water partition coefficient (Wildman–Crippen LogP) is 3.30. The van der Waals surface area contributed by atoms with Gasteiger partial charge in [0.15, 0.2) is 0 Å². The van der Waals surface area contributed by atoms with Crippen LogP contribution in [0.25, 0.3) is 10.9 Å². The van der Waals surface area contributed by atoms with Gasteiger partial charge in [0.05, 0.1) is 7.11 Å². The molecule has 1 aromatic carbocycles. The number of hydrogen-bond donors (Lipinski definition) is 1. The third-order valence-corrected chi connectivity index (χ3v) is 2.46. The smallest absolute Gasteiger partial charge is 0.119 e. The van der Waals surface area contributed by atoms with Crippen LogP contribution in [-0.4, -0.2) is 12.1 Å². The Balaban J connectivity index is 2.37. The number of allylic oxidation sites excluding steroid dienone is 2. The highest BCUT2D eigenvalue weighted by Crippen LogP contribution is 2.21. The summed E-state index contributed by atoms with van der Waals surface area (Å²) in [6.45, 7) is 2.03. The zero-order valence-corrected chi connectivity index (χ0v) is 9.08. The van der Waals surface area contributed by atoms with Gasteiger partial charge in [0.2, 0.25) is 0 Å². The molecule has 0 saturated carbocycles. The molecule has 0 aliphatic rings. The largest absolute Gasteiger partial charge is 0.497 e. The lowest BCUT2D eigenvalue weighted by Gasteiger charge is -1.97. The summed E-state index contributed by atoms with van der Waals surface area (Å²) < 4.78 is 5.18. The van der Waals surface area contributed by atoms with Crippen molar-refractivity contribution in [3.8, 4) is 5.75 Å². The van der Waals surface area contributed by atoms with Crippen molar-refractivity contribution >= 4 is 10.9 Å². The lowest BCUT2D eigenvalue weighted by Crippen LogP contribution is -1.80. The van der Waals surface area contributed by atoms with Crippen LogP contribution in [0.3, 0.4) is 0 Å². The van der Waals surface area contributed by atoms with E-state index in [1.165, 1.54) is 11.1 Å². The second-order valence-corrected chi connectivity index (χ2v) is 3.52.